The van der Waals surface area contributed by atoms with Crippen LogP contribution in [0.25, 0.3) is 21.5 Å². The number of fused-ring (bicyclic) bond motifs is 2. The summed E-state index contributed by atoms with van der Waals surface area (Å²) in [7, 11) is -0.753. The van der Waals surface area contributed by atoms with Crippen molar-refractivity contribution in [2.75, 3.05) is 6.61 Å². The molecule has 2 nitrogen and oxygen atoms in total. The Morgan fingerprint density at radius 2 is 1.15 bits per heavy atom. The second kappa shape index (κ2) is 10.5. The Kier molecular flexibility index (Phi) is 6.40. The van der Waals surface area contributed by atoms with Gasteiger partial charge in [0.15, 0.2) is 0 Å². The number of ether oxygens (including phenoxy) is 1. The van der Waals surface area contributed by atoms with Crippen molar-refractivity contribution < 1.29 is 4.74 Å². The third-order valence-electron chi connectivity index (χ3n) is 7.44. The van der Waals surface area contributed by atoms with Gasteiger partial charge in [0.2, 0.25) is 5.90 Å². The van der Waals surface area contributed by atoms with Gasteiger partial charge in [-0.3, -0.25) is 0 Å². The van der Waals surface area contributed by atoms with Gasteiger partial charge >= 0.3 is 0 Å². The van der Waals surface area contributed by atoms with Crippen LogP contribution in [-0.2, 0) is 11.2 Å². The van der Waals surface area contributed by atoms with Crippen LogP contribution in [0.5, 0.6) is 0 Å². The molecule has 1 aliphatic heterocycles. The van der Waals surface area contributed by atoms with E-state index in [-0.39, 0.29) is 6.04 Å². The zero-order valence-corrected chi connectivity index (χ0v) is 22.5. The number of nitrogens with zero attached hydrogens (tertiary/aromatic N) is 1. The highest BCUT2D eigenvalue weighted by Crippen LogP contribution is 2.35. The highest BCUT2D eigenvalue weighted by molar-refractivity contribution is 7.80. The lowest BCUT2D eigenvalue weighted by molar-refractivity contribution is 0.317. The molecule has 7 rings (SSSR count). The maximum Gasteiger partial charge on any atom is 0.217 e. The van der Waals surface area contributed by atoms with Gasteiger partial charge in [0, 0.05) is 5.56 Å². The molecule has 0 unspecified atom stereocenters. The summed E-state index contributed by atoms with van der Waals surface area (Å²) in [5, 5.41) is 9.08. The molecule has 1 heterocycles. The number of hydrogen-bond donors (Lipinski definition) is 0. The van der Waals surface area contributed by atoms with Crippen molar-refractivity contribution in [1.82, 2.24) is 0 Å². The Labute approximate surface area is 230 Å². The van der Waals surface area contributed by atoms with Crippen LogP contribution >= 0.6 is 7.92 Å². The first kappa shape index (κ1) is 23.8. The van der Waals surface area contributed by atoms with E-state index in [2.05, 4.69) is 140 Å². The molecule has 0 fully saturated rings. The standard InChI is InChI=1S/C36H28NOP/c1-3-15-29(16-4-1)39(30-17-5-2-6-18-30)35-22-12-11-21-33(35)36-37-28(25-38-36)24-34-31-19-9-7-13-26(31)23-27-14-8-10-20-32(27)34/h1-23,28H,24-25H2/t28-/m1/s1. The summed E-state index contributed by atoms with van der Waals surface area (Å²) in [6.45, 7) is 0.593. The lowest BCUT2D eigenvalue weighted by atomic mass is 9.93. The Morgan fingerprint density at radius 3 is 1.79 bits per heavy atom. The predicted molar refractivity (Wildman–Crippen MR) is 167 cm³/mol. The van der Waals surface area contributed by atoms with Crippen molar-refractivity contribution in [3.8, 4) is 0 Å². The first-order valence-electron chi connectivity index (χ1n) is 13.4. The molecule has 0 saturated carbocycles. The summed E-state index contributed by atoms with van der Waals surface area (Å²) < 4.78 is 6.37. The molecule has 0 saturated heterocycles. The molecule has 6 aromatic carbocycles. The number of benzene rings is 6. The van der Waals surface area contributed by atoms with Crippen LogP contribution in [0.15, 0.2) is 145 Å². The first-order chi connectivity index (χ1) is 19.3. The molecule has 0 bridgehead atoms. The fraction of sp³-hybridized carbons (Fsp3) is 0.0833. The summed E-state index contributed by atoms with van der Waals surface area (Å²) in [5.41, 5.74) is 2.45. The van der Waals surface area contributed by atoms with Crippen LogP contribution in [0.4, 0.5) is 0 Å². The van der Waals surface area contributed by atoms with Crippen molar-refractivity contribution in [3.63, 3.8) is 0 Å². The minimum atomic E-state index is -0.753. The van der Waals surface area contributed by atoms with E-state index in [9.17, 15) is 0 Å². The van der Waals surface area contributed by atoms with Gasteiger partial charge in [-0.05, 0) is 69.5 Å². The van der Waals surface area contributed by atoms with Crippen LogP contribution in [0.3, 0.4) is 0 Å². The average molecular weight is 522 g/mol. The summed E-state index contributed by atoms with van der Waals surface area (Å²) in [5.74, 6) is 0.763. The van der Waals surface area contributed by atoms with E-state index >= 15 is 0 Å². The Hall–Kier alpha value is -4.26. The van der Waals surface area contributed by atoms with Gasteiger partial charge in [0.05, 0.1) is 6.04 Å². The molecule has 0 amide bonds. The van der Waals surface area contributed by atoms with Crippen molar-refractivity contribution in [2.45, 2.75) is 12.5 Å². The quantitative estimate of drug-likeness (QED) is 0.169. The smallest absolute Gasteiger partial charge is 0.217 e. The van der Waals surface area contributed by atoms with Crippen LogP contribution in [0.1, 0.15) is 11.1 Å². The van der Waals surface area contributed by atoms with Gasteiger partial charge in [-0.2, -0.15) is 0 Å². The summed E-state index contributed by atoms with van der Waals surface area (Å²) >= 11 is 0. The lowest BCUT2D eigenvalue weighted by Gasteiger charge is -2.22. The van der Waals surface area contributed by atoms with E-state index in [4.69, 9.17) is 9.73 Å². The fourth-order valence-electron chi connectivity index (χ4n) is 5.66. The molecule has 6 aromatic rings. The Bertz CT molecular complexity index is 1700. The molecule has 1 atom stereocenters. The van der Waals surface area contributed by atoms with E-state index in [1.807, 2.05) is 0 Å². The molecule has 0 aliphatic carbocycles. The second-order valence-electron chi connectivity index (χ2n) is 9.92. The van der Waals surface area contributed by atoms with Crippen molar-refractivity contribution >= 4 is 51.3 Å². The summed E-state index contributed by atoms with van der Waals surface area (Å²) in [4.78, 5) is 5.20. The average Bonchev–Trinajstić information content (AvgIpc) is 3.47. The number of aliphatic imine (C=N–C) groups is 1. The normalized spacial score (nSPS) is 15.0. The summed E-state index contributed by atoms with van der Waals surface area (Å²) in [6.07, 6.45) is 0.847. The van der Waals surface area contributed by atoms with Crippen LogP contribution in [-0.4, -0.2) is 18.5 Å². The maximum atomic E-state index is 6.37. The zero-order chi connectivity index (χ0) is 26.0. The SMILES string of the molecule is c1ccc(P(c2ccccc2)c2ccccc2C2=N[C@H](Cc3c4ccccc4cc4ccccc34)CO2)cc1. The minimum absolute atomic E-state index is 0.0712. The molecular formula is C36H28NOP. The second-order valence-corrected chi connectivity index (χ2v) is 12.1. The van der Waals surface area contributed by atoms with Gasteiger partial charge in [0.1, 0.15) is 6.61 Å². The lowest BCUT2D eigenvalue weighted by Crippen LogP contribution is -2.25. The van der Waals surface area contributed by atoms with Crippen LogP contribution in [0, 0.1) is 0 Å². The van der Waals surface area contributed by atoms with E-state index in [0.29, 0.717) is 6.61 Å². The fourth-order valence-corrected chi connectivity index (χ4v) is 8.10. The third kappa shape index (κ3) is 4.62. The largest absolute Gasteiger partial charge is 0.475 e. The van der Waals surface area contributed by atoms with Gasteiger partial charge in [-0.15, -0.1) is 0 Å². The molecule has 0 spiro atoms. The van der Waals surface area contributed by atoms with Crippen molar-refractivity contribution in [3.05, 3.63) is 151 Å². The zero-order valence-electron chi connectivity index (χ0n) is 21.6. The predicted octanol–water partition coefficient (Wildman–Crippen LogP) is 7.14. The Morgan fingerprint density at radius 1 is 0.615 bits per heavy atom. The van der Waals surface area contributed by atoms with Gasteiger partial charge in [-0.1, -0.05) is 127 Å². The van der Waals surface area contributed by atoms with E-state index in [1.54, 1.807) is 0 Å². The van der Waals surface area contributed by atoms with Crippen molar-refractivity contribution in [2.24, 2.45) is 4.99 Å². The van der Waals surface area contributed by atoms with E-state index < -0.39 is 7.92 Å². The molecule has 0 N–H and O–H groups in total. The molecule has 3 heteroatoms. The monoisotopic (exact) mass is 521 g/mol. The van der Waals surface area contributed by atoms with Gasteiger partial charge in [-0.25, -0.2) is 4.99 Å². The van der Waals surface area contributed by atoms with Crippen LogP contribution < -0.4 is 15.9 Å². The highest BCUT2D eigenvalue weighted by atomic mass is 31.1. The third-order valence-corrected chi connectivity index (χ3v) is 9.94. The van der Waals surface area contributed by atoms with Gasteiger partial charge in [0.25, 0.3) is 0 Å². The molecule has 0 radical (unpaired) electrons. The highest BCUT2D eigenvalue weighted by Gasteiger charge is 2.27. The van der Waals surface area contributed by atoms with E-state index in [0.717, 1.165) is 17.9 Å². The molecule has 1 aliphatic rings. The minimum Gasteiger partial charge on any atom is -0.475 e. The molecule has 39 heavy (non-hydrogen) atoms. The summed E-state index contributed by atoms with van der Waals surface area (Å²) in [6, 6.07) is 50.0. The Balaban J connectivity index is 1.29. The van der Waals surface area contributed by atoms with Gasteiger partial charge < -0.3 is 4.74 Å². The molecular weight excluding hydrogens is 493 g/mol. The topological polar surface area (TPSA) is 21.6 Å². The van der Waals surface area contributed by atoms with E-state index in [1.165, 1.54) is 43.0 Å². The van der Waals surface area contributed by atoms with Crippen LogP contribution in [0.2, 0.25) is 0 Å². The first-order valence-corrected chi connectivity index (χ1v) is 14.8. The molecule has 0 aromatic heterocycles. The maximum absolute atomic E-state index is 6.37. The van der Waals surface area contributed by atoms with Crippen molar-refractivity contribution in [1.29, 1.82) is 0 Å². The number of rotatable bonds is 6. The number of hydrogen-bond acceptors (Lipinski definition) is 2. The molecule has 188 valence electrons.